The van der Waals surface area contributed by atoms with Gasteiger partial charge in [0, 0.05) is 28.9 Å². The monoisotopic (exact) mass is 468 g/mol. The lowest BCUT2D eigenvalue weighted by Crippen LogP contribution is -2.33. The second-order valence-electron chi connectivity index (χ2n) is 8.42. The lowest BCUT2D eigenvalue weighted by atomic mass is 10.0. The molecule has 0 bridgehead atoms. The number of ether oxygens (including phenoxy) is 1. The fraction of sp³-hybridized carbons (Fsp3) is 0.440. The number of nitrogens with two attached hydrogens (primary N) is 1. The molecule has 2 aromatic heterocycles. The maximum atomic E-state index is 11.0. The van der Waals surface area contributed by atoms with Crippen LogP contribution in [-0.4, -0.2) is 50.1 Å². The lowest BCUT2D eigenvalue weighted by Gasteiger charge is -2.18. The predicted molar refractivity (Wildman–Crippen MR) is 127 cm³/mol. The third-order valence-electron chi connectivity index (χ3n) is 5.41. The molecule has 34 heavy (non-hydrogen) atoms. The van der Waals surface area contributed by atoms with Crippen molar-refractivity contribution < 1.29 is 24.3 Å². The summed E-state index contributed by atoms with van der Waals surface area (Å²) in [5.41, 5.74) is 10.3. The van der Waals surface area contributed by atoms with Gasteiger partial charge in [-0.25, -0.2) is 0 Å². The lowest BCUT2D eigenvalue weighted by molar-refractivity contribution is -0.127. The minimum Gasteiger partial charge on any atom is -0.490 e. The summed E-state index contributed by atoms with van der Waals surface area (Å²) in [5, 5.41) is 23.9. The van der Waals surface area contributed by atoms with Gasteiger partial charge in [0.05, 0.1) is 6.10 Å². The first-order valence-corrected chi connectivity index (χ1v) is 11.5. The molecule has 0 aliphatic carbocycles. The second kappa shape index (κ2) is 11.2. The zero-order valence-corrected chi connectivity index (χ0v) is 20.0. The van der Waals surface area contributed by atoms with E-state index in [1.54, 1.807) is 0 Å². The molecule has 0 aliphatic rings. The summed E-state index contributed by atoms with van der Waals surface area (Å²) in [4.78, 5) is 20.1. The highest BCUT2D eigenvalue weighted by molar-refractivity contribution is 5.78. The Bertz CT molecular complexity index is 1140. The number of carbonyl (C=O) groups excluding carboxylic acids is 1. The highest BCUT2D eigenvalue weighted by Gasteiger charge is 2.20. The first kappa shape index (κ1) is 25.3. The Labute approximate surface area is 199 Å². The quantitative estimate of drug-likeness (QED) is 0.389. The van der Waals surface area contributed by atoms with E-state index in [0.29, 0.717) is 17.5 Å². The smallest absolute Gasteiger partial charge is 0.258 e. The largest absolute Gasteiger partial charge is 0.490 e. The van der Waals surface area contributed by atoms with Gasteiger partial charge in [0.15, 0.2) is 0 Å². The molecule has 4 N–H and O–H groups in total. The average molecular weight is 469 g/mol. The van der Waals surface area contributed by atoms with Crippen molar-refractivity contribution in [2.24, 2.45) is 5.73 Å². The number of aliphatic hydroxyl groups excluding tert-OH is 2. The molecule has 1 aromatic carbocycles. The van der Waals surface area contributed by atoms with Crippen molar-refractivity contribution in [3.05, 3.63) is 46.8 Å². The van der Waals surface area contributed by atoms with Crippen LogP contribution in [0.4, 0.5) is 0 Å². The first-order chi connectivity index (χ1) is 16.2. The Morgan fingerprint density at radius 3 is 2.56 bits per heavy atom. The molecule has 0 fully saturated rings. The molecule has 9 heteroatoms. The molecule has 2 heterocycles. The molecule has 0 saturated heterocycles. The maximum absolute atomic E-state index is 11.0. The normalized spacial score (nSPS) is 13.0. The van der Waals surface area contributed by atoms with E-state index >= 15 is 0 Å². The van der Waals surface area contributed by atoms with Crippen molar-refractivity contribution in [2.45, 2.75) is 65.6 Å². The van der Waals surface area contributed by atoms with Crippen molar-refractivity contribution in [1.82, 2.24) is 15.1 Å². The van der Waals surface area contributed by atoms with E-state index < -0.39 is 18.1 Å². The van der Waals surface area contributed by atoms with Crippen LogP contribution in [0.1, 0.15) is 49.2 Å². The van der Waals surface area contributed by atoms with E-state index in [-0.39, 0.29) is 13.0 Å². The number of carbonyl (C=O) groups is 1. The Kier molecular flexibility index (Phi) is 8.36. The van der Waals surface area contributed by atoms with Gasteiger partial charge in [0.25, 0.3) is 5.89 Å². The summed E-state index contributed by atoms with van der Waals surface area (Å²) < 4.78 is 11.4. The number of aliphatic hydroxyl groups is 2. The van der Waals surface area contributed by atoms with E-state index in [9.17, 15) is 15.0 Å². The van der Waals surface area contributed by atoms with Crippen LogP contribution in [-0.2, 0) is 17.6 Å². The molecule has 1 amide bonds. The van der Waals surface area contributed by atoms with E-state index in [1.165, 1.54) is 0 Å². The standard InChI is InChI=1S/C25H32N4O5/c1-5-7-16-10-17(8-14(3)22(16)33-13-20(30)12-21(31)23(26)32)24-28-25(34-29-24)18-9-15(4)27-19(6-2)11-18/h8-11,20-21,30-31H,5-7,12-13H2,1-4H3,(H2,26,32)/t20-,21?/m1/s1. The minimum atomic E-state index is -1.41. The highest BCUT2D eigenvalue weighted by atomic mass is 16.5. The highest BCUT2D eigenvalue weighted by Crippen LogP contribution is 2.32. The molecular formula is C25H32N4O5. The van der Waals surface area contributed by atoms with Gasteiger partial charge in [0.1, 0.15) is 18.5 Å². The summed E-state index contributed by atoms with van der Waals surface area (Å²) >= 11 is 0. The zero-order chi connectivity index (χ0) is 24.8. The van der Waals surface area contributed by atoms with E-state index in [0.717, 1.165) is 52.9 Å². The fourth-order valence-corrected chi connectivity index (χ4v) is 3.76. The predicted octanol–water partition coefficient (Wildman–Crippen LogP) is 2.91. The summed E-state index contributed by atoms with van der Waals surface area (Å²) in [6.07, 6.45) is -0.189. The van der Waals surface area contributed by atoms with Gasteiger partial charge in [-0.1, -0.05) is 25.4 Å². The molecule has 3 rings (SSSR count). The van der Waals surface area contributed by atoms with E-state index in [1.807, 2.05) is 45.0 Å². The van der Waals surface area contributed by atoms with Crippen LogP contribution in [0.15, 0.2) is 28.8 Å². The van der Waals surface area contributed by atoms with Crippen molar-refractivity contribution in [3.8, 4) is 28.6 Å². The van der Waals surface area contributed by atoms with Crippen molar-refractivity contribution in [1.29, 1.82) is 0 Å². The summed E-state index contributed by atoms with van der Waals surface area (Å²) in [6.45, 7) is 7.88. The molecule has 0 radical (unpaired) electrons. The van der Waals surface area contributed by atoms with Crippen LogP contribution in [0.5, 0.6) is 5.75 Å². The van der Waals surface area contributed by atoms with Crippen LogP contribution in [0.25, 0.3) is 22.8 Å². The number of amides is 1. The second-order valence-corrected chi connectivity index (χ2v) is 8.42. The summed E-state index contributed by atoms with van der Waals surface area (Å²) in [6, 6.07) is 7.74. The van der Waals surface area contributed by atoms with Gasteiger partial charge in [-0.2, -0.15) is 4.98 Å². The minimum absolute atomic E-state index is 0.0746. The van der Waals surface area contributed by atoms with Crippen molar-refractivity contribution >= 4 is 5.91 Å². The summed E-state index contributed by atoms with van der Waals surface area (Å²) in [5.74, 6) is 0.679. The van der Waals surface area contributed by atoms with Gasteiger partial charge < -0.3 is 25.2 Å². The Morgan fingerprint density at radius 2 is 1.88 bits per heavy atom. The topological polar surface area (TPSA) is 145 Å². The van der Waals surface area contributed by atoms with Crippen LogP contribution >= 0.6 is 0 Å². The number of primary amides is 1. The number of hydrogen-bond acceptors (Lipinski definition) is 8. The number of aryl methyl sites for hydroxylation is 4. The third-order valence-corrected chi connectivity index (χ3v) is 5.41. The zero-order valence-electron chi connectivity index (χ0n) is 20.0. The number of hydrogen-bond donors (Lipinski definition) is 3. The molecule has 2 atom stereocenters. The molecule has 1 unspecified atom stereocenters. The van der Waals surface area contributed by atoms with E-state index in [4.69, 9.17) is 15.0 Å². The van der Waals surface area contributed by atoms with Crippen LogP contribution < -0.4 is 10.5 Å². The Hall–Kier alpha value is -3.30. The Morgan fingerprint density at radius 1 is 1.12 bits per heavy atom. The first-order valence-electron chi connectivity index (χ1n) is 11.5. The number of pyridine rings is 1. The van der Waals surface area contributed by atoms with Gasteiger partial charge in [-0.05, 0) is 62.1 Å². The molecular weight excluding hydrogens is 436 g/mol. The molecule has 9 nitrogen and oxygen atoms in total. The number of benzene rings is 1. The number of nitrogens with zero attached hydrogens (tertiary/aromatic N) is 3. The van der Waals surface area contributed by atoms with Crippen LogP contribution in [0.2, 0.25) is 0 Å². The van der Waals surface area contributed by atoms with E-state index in [2.05, 4.69) is 22.0 Å². The molecule has 0 aliphatic heterocycles. The molecule has 3 aromatic rings. The number of aromatic nitrogens is 3. The van der Waals surface area contributed by atoms with Crippen LogP contribution in [0.3, 0.4) is 0 Å². The Balaban J connectivity index is 1.84. The number of rotatable bonds is 11. The molecule has 182 valence electrons. The maximum Gasteiger partial charge on any atom is 0.258 e. The summed E-state index contributed by atoms with van der Waals surface area (Å²) in [7, 11) is 0. The van der Waals surface area contributed by atoms with Gasteiger partial charge in [-0.3, -0.25) is 9.78 Å². The van der Waals surface area contributed by atoms with Crippen molar-refractivity contribution in [3.63, 3.8) is 0 Å². The van der Waals surface area contributed by atoms with Crippen LogP contribution in [0, 0.1) is 13.8 Å². The van der Waals surface area contributed by atoms with Crippen molar-refractivity contribution in [2.75, 3.05) is 6.61 Å². The van der Waals surface area contributed by atoms with Gasteiger partial charge >= 0.3 is 0 Å². The van der Waals surface area contributed by atoms with Gasteiger partial charge in [0.2, 0.25) is 11.7 Å². The SMILES string of the molecule is CCCc1cc(-c2noc(-c3cc(C)nc(CC)c3)n2)cc(C)c1OC[C@H](O)CC(O)C(N)=O. The van der Waals surface area contributed by atoms with Gasteiger partial charge in [-0.15, -0.1) is 0 Å². The third kappa shape index (κ3) is 6.18. The molecule has 0 saturated carbocycles. The fourth-order valence-electron chi connectivity index (χ4n) is 3.76. The average Bonchev–Trinajstić information content (AvgIpc) is 3.28. The molecule has 0 spiro atoms.